The molecule has 1 amide bonds. The Morgan fingerprint density at radius 3 is 2.50 bits per heavy atom. The van der Waals surface area contributed by atoms with Crippen LogP contribution in [0.1, 0.15) is 47.9 Å². The summed E-state index contributed by atoms with van der Waals surface area (Å²) in [5, 5.41) is 3.08. The normalized spacial score (nSPS) is 17.2. The Hall–Kier alpha value is -2.14. The van der Waals surface area contributed by atoms with Crippen LogP contribution in [0, 0.1) is 0 Å². The van der Waals surface area contributed by atoms with Gasteiger partial charge >= 0.3 is 0 Å². The summed E-state index contributed by atoms with van der Waals surface area (Å²) in [5.74, 6) is 0.343. The van der Waals surface area contributed by atoms with Crippen LogP contribution in [0.25, 0.3) is 0 Å². The summed E-state index contributed by atoms with van der Waals surface area (Å²) >= 11 is 0. The molecule has 1 aromatic carbocycles. The molecule has 1 aliphatic rings. The molecule has 5 nitrogen and oxygen atoms in total. The highest BCUT2D eigenvalue weighted by atomic mass is 16.2. The van der Waals surface area contributed by atoms with Crippen molar-refractivity contribution in [2.45, 2.75) is 31.7 Å². The fourth-order valence-corrected chi connectivity index (χ4v) is 3.39. The van der Waals surface area contributed by atoms with Crippen molar-refractivity contribution in [3.05, 3.63) is 54.1 Å². The predicted octanol–water partition coefficient (Wildman–Crippen LogP) is 2.77. The average Bonchev–Trinajstić information content (AvgIpc) is 2.86. The van der Waals surface area contributed by atoms with Crippen LogP contribution in [0.5, 0.6) is 0 Å². The number of hydrogen-bond acceptors (Lipinski definition) is 3. The maximum atomic E-state index is 12.4. The molecule has 0 spiro atoms. The van der Waals surface area contributed by atoms with Gasteiger partial charge in [-0.15, -0.1) is 0 Å². The van der Waals surface area contributed by atoms with Gasteiger partial charge in [0.05, 0.1) is 6.04 Å². The zero-order chi connectivity index (χ0) is 16.8. The highest BCUT2D eigenvalue weighted by Crippen LogP contribution is 2.23. The van der Waals surface area contributed by atoms with Crippen molar-refractivity contribution in [2.24, 2.45) is 7.05 Å². The van der Waals surface area contributed by atoms with Crippen LogP contribution in [0.3, 0.4) is 0 Å². The van der Waals surface area contributed by atoms with Gasteiger partial charge in [0, 0.05) is 26.0 Å². The third kappa shape index (κ3) is 4.03. The Morgan fingerprint density at radius 2 is 1.88 bits per heavy atom. The van der Waals surface area contributed by atoms with Gasteiger partial charge in [-0.05, 0) is 31.5 Å². The second-order valence-corrected chi connectivity index (χ2v) is 6.45. The minimum absolute atomic E-state index is 0.113. The smallest absolute Gasteiger partial charge is 0.287 e. The lowest BCUT2D eigenvalue weighted by Crippen LogP contribution is -2.39. The molecular formula is C19H26N4O. The van der Waals surface area contributed by atoms with E-state index < -0.39 is 0 Å². The molecule has 0 radical (unpaired) electrons. The van der Waals surface area contributed by atoms with E-state index in [-0.39, 0.29) is 11.9 Å². The van der Waals surface area contributed by atoms with E-state index in [9.17, 15) is 4.79 Å². The van der Waals surface area contributed by atoms with Gasteiger partial charge in [0.25, 0.3) is 5.91 Å². The van der Waals surface area contributed by atoms with Gasteiger partial charge in [-0.3, -0.25) is 9.69 Å². The Morgan fingerprint density at radius 1 is 1.17 bits per heavy atom. The van der Waals surface area contributed by atoms with Crippen molar-refractivity contribution in [3.8, 4) is 0 Å². The SMILES string of the molecule is Cn1ccnc1C(=O)NCC(c1ccccc1)N1CCCCCC1. The van der Waals surface area contributed by atoms with Gasteiger partial charge in [0.15, 0.2) is 5.82 Å². The summed E-state index contributed by atoms with van der Waals surface area (Å²) in [6.07, 6.45) is 8.51. The molecule has 5 heteroatoms. The number of imidazole rings is 1. The van der Waals surface area contributed by atoms with E-state index >= 15 is 0 Å². The lowest BCUT2D eigenvalue weighted by atomic mass is 10.0. The fourth-order valence-electron chi connectivity index (χ4n) is 3.39. The van der Waals surface area contributed by atoms with E-state index in [1.54, 1.807) is 17.0 Å². The number of carbonyl (C=O) groups is 1. The summed E-state index contributed by atoms with van der Waals surface area (Å²) < 4.78 is 1.75. The lowest BCUT2D eigenvalue weighted by Gasteiger charge is -2.31. The van der Waals surface area contributed by atoms with Crippen LogP contribution < -0.4 is 5.32 Å². The molecule has 1 fully saturated rings. The highest BCUT2D eigenvalue weighted by Gasteiger charge is 2.22. The number of nitrogens with one attached hydrogen (secondary N) is 1. The number of benzene rings is 1. The molecule has 1 N–H and O–H groups in total. The highest BCUT2D eigenvalue weighted by molar-refractivity contribution is 5.90. The van der Waals surface area contributed by atoms with Gasteiger partial charge in [-0.1, -0.05) is 43.2 Å². The minimum Gasteiger partial charge on any atom is -0.347 e. The maximum absolute atomic E-state index is 12.4. The number of nitrogens with zero attached hydrogens (tertiary/aromatic N) is 3. The number of aryl methyl sites for hydroxylation is 1. The molecule has 1 unspecified atom stereocenters. The third-order valence-corrected chi connectivity index (χ3v) is 4.75. The van der Waals surface area contributed by atoms with Crippen molar-refractivity contribution in [1.29, 1.82) is 0 Å². The summed E-state index contributed by atoms with van der Waals surface area (Å²) in [6, 6.07) is 10.7. The number of carbonyl (C=O) groups excluding carboxylic acids is 1. The van der Waals surface area contributed by atoms with Crippen LogP contribution in [-0.2, 0) is 7.05 Å². The van der Waals surface area contributed by atoms with Crippen molar-refractivity contribution in [2.75, 3.05) is 19.6 Å². The molecule has 2 aromatic rings. The van der Waals surface area contributed by atoms with Gasteiger partial charge in [0.1, 0.15) is 0 Å². The molecule has 0 saturated carbocycles. The summed E-state index contributed by atoms with van der Waals surface area (Å²) in [5.41, 5.74) is 1.26. The summed E-state index contributed by atoms with van der Waals surface area (Å²) in [7, 11) is 1.84. The molecule has 1 atom stereocenters. The Balaban J connectivity index is 1.72. The van der Waals surface area contributed by atoms with Crippen molar-refractivity contribution in [1.82, 2.24) is 19.8 Å². The first kappa shape index (κ1) is 16.7. The van der Waals surface area contributed by atoms with Crippen LogP contribution in [0.2, 0.25) is 0 Å². The number of rotatable bonds is 5. The minimum atomic E-state index is -0.113. The molecule has 2 heterocycles. The molecular weight excluding hydrogens is 300 g/mol. The van der Waals surface area contributed by atoms with E-state index in [2.05, 4.69) is 39.5 Å². The maximum Gasteiger partial charge on any atom is 0.287 e. The monoisotopic (exact) mass is 326 g/mol. The van der Waals surface area contributed by atoms with Gasteiger partial charge in [0.2, 0.25) is 0 Å². The lowest BCUT2D eigenvalue weighted by molar-refractivity contribution is 0.0920. The Bertz CT molecular complexity index is 644. The van der Waals surface area contributed by atoms with Gasteiger partial charge < -0.3 is 9.88 Å². The first-order valence-corrected chi connectivity index (χ1v) is 8.80. The molecule has 128 valence electrons. The van der Waals surface area contributed by atoms with E-state index in [1.165, 1.54) is 31.2 Å². The van der Waals surface area contributed by atoms with Crippen molar-refractivity contribution < 1.29 is 4.79 Å². The average molecular weight is 326 g/mol. The second-order valence-electron chi connectivity index (χ2n) is 6.45. The zero-order valence-electron chi connectivity index (χ0n) is 14.3. The van der Waals surface area contributed by atoms with Gasteiger partial charge in [-0.25, -0.2) is 4.98 Å². The van der Waals surface area contributed by atoms with E-state index in [0.717, 1.165) is 13.1 Å². The number of likely N-dealkylation sites (tertiary alicyclic amines) is 1. The van der Waals surface area contributed by atoms with E-state index in [0.29, 0.717) is 12.4 Å². The zero-order valence-corrected chi connectivity index (χ0v) is 14.3. The molecule has 0 aliphatic carbocycles. The first-order valence-electron chi connectivity index (χ1n) is 8.80. The van der Waals surface area contributed by atoms with Crippen molar-refractivity contribution >= 4 is 5.91 Å². The molecule has 3 rings (SSSR count). The Labute approximate surface area is 143 Å². The Kier molecular flexibility index (Phi) is 5.64. The number of hydrogen-bond donors (Lipinski definition) is 1. The standard InChI is InChI=1S/C19H26N4O/c1-22-14-11-20-18(22)19(24)21-15-17(16-9-5-4-6-10-16)23-12-7-2-3-8-13-23/h4-6,9-11,14,17H,2-3,7-8,12-13,15H2,1H3,(H,21,24). The first-order chi connectivity index (χ1) is 11.8. The quantitative estimate of drug-likeness (QED) is 0.919. The topological polar surface area (TPSA) is 50.2 Å². The molecule has 1 aliphatic heterocycles. The van der Waals surface area contributed by atoms with Crippen molar-refractivity contribution in [3.63, 3.8) is 0 Å². The molecule has 1 aromatic heterocycles. The summed E-state index contributed by atoms with van der Waals surface area (Å²) in [4.78, 5) is 19.0. The molecule has 24 heavy (non-hydrogen) atoms. The van der Waals surface area contributed by atoms with Crippen LogP contribution >= 0.6 is 0 Å². The second kappa shape index (κ2) is 8.11. The number of amides is 1. The van der Waals surface area contributed by atoms with Gasteiger partial charge in [-0.2, -0.15) is 0 Å². The number of aromatic nitrogens is 2. The summed E-state index contributed by atoms with van der Waals surface area (Å²) in [6.45, 7) is 2.80. The van der Waals surface area contributed by atoms with Crippen LogP contribution in [-0.4, -0.2) is 40.0 Å². The molecule has 1 saturated heterocycles. The molecule has 0 bridgehead atoms. The fraction of sp³-hybridized carbons (Fsp3) is 0.474. The van der Waals surface area contributed by atoms with Crippen LogP contribution in [0.15, 0.2) is 42.7 Å². The largest absolute Gasteiger partial charge is 0.347 e. The third-order valence-electron chi connectivity index (χ3n) is 4.75. The predicted molar refractivity (Wildman–Crippen MR) is 94.8 cm³/mol. The van der Waals surface area contributed by atoms with E-state index in [1.807, 2.05) is 13.1 Å². The van der Waals surface area contributed by atoms with Crippen LogP contribution in [0.4, 0.5) is 0 Å². The van der Waals surface area contributed by atoms with E-state index in [4.69, 9.17) is 0 Å².